The fraction of sp³-hybridized carbons (Fsp3) is 0.0455. The highest BCUT2D eigenvalue weighted by atomic mass is 32.2. The minimum absolute atomic E-state index is 0.0550. The number of aromatic nitrogens is 3. The number of hydrogen-bond acceptors (Lipinski definition) is 11. The first-order valence-corrected chi connectivity index (χ1v) is 11.6. The first-order valence-electron chi connectivity index (χ1n) is 10.2. The summed E-state index contributed by atoms with van der Waals surface area (Å²) < 4.78 is 33.3. The van der Waals surface area contributed by atoms with Crippen molar-refractivity contribution < 1.29 is 23.2 Å². The van der Waals surface area contributed by atoms with Crippen LogP contribution in [0.1, 0.15) is 17.0 Å². The molecule has 0 amide bonds. The average Bonchev–Trinajstić information content (AvgIpc) is 3.19. The molecule has 0 radical (unpaired) electrons. The maximum atomic E-state index is 13.7. The largest absolute Gasteiger partial charge is 0.506 e. The van der Waals surface area contributed by atoms with E-state index in [4.69, 9.17) is 16.2 Å². The molecule has 2 aromatic heterocycles. The summed E-state index contributed by atoms with van der Waals surface area (Å²) in [7, 11) is -4.45. The van der Waals surface area contributed by atoms with Gasteiger partial charge in [0.25, 0.3) is 15.7 Å². The van der Waals surface area contributed by atoms with Gasteiger partial charge in [-0.2, -0.15) is 13.7 Å². The zero-order chi connectivity index (χ0) is 25.8. The summed E-state index contributed by atoms with van der Waals surface area (Å²) in [4.78, 5) is 14.3. The molecule has 5 N–H and O–H groups in total. The topological polar surface area (TPSA) is 213 Å². The van der Waals surface area contributed by atoms with Crippen LogP contribution in [0.15, 0.2) is 71.1 Å². The third kappa shape index (κ3) is 3.26. The van der Waals surface area contributed by atoms with Crippen LogP contribution in [0.3, 0.4) is 0 Å². The Morgan fingerprint density at radius 3 is 2.56 bits per heavy atom. The standard InChI is InChI=1S/C22H15N7O6S/c23-10-14-17(11-3-5-12(6-4-11)29(31)32)18-20(24)28(27-22(18)35-21(14)25)36(33,34)16-8-7-15(30)19-13(16)2-1-9-26-19/h1-9,17,30H,24-25H2/t17-/m0/s1. The molecule has 0 unspecified atom stereocenters. The van der Waals surface area contributed by atoms with Crippen LogP contribution in [0.5, 0.6) is 11.6 Å². The lowest BCUT2D eigenvalue weighted by atomic mass is 9.85. The van der Waals surface area contributed by atoms with E-state index in [1.54, 1.807) is 0 Å². The summed E-state index contributed by atoms with van der Waals surface area (Å²) in [6.45, 7) is 0. The monoisotopic (exact) mass is 505 g/mol. The number of anilines is 1. The number of fused-ring (bicyclic) bond motifs is 2. The maximum Gasteiger partial charge on any atom is 0.285 e. The van der Waals surface area contributed by atoms with Crippen molar-refractivity contribution in [3.63, 3.8) is 0 Å². The smallest absolute Gasteiger partial charge is 0.285 e. The minimum atomic E-state index is -4.45. The number of rotatable bonds is 4. The number of nitrogens with two attached hydrogens (primary N) is 2. The molecule has 14 heteroatoms. The fourth-order valence-electron chi connectivity index (χ4n) is 4.07. The van der Waals surface area contributed by atoms with E-state index in [-0.39, 0.29) is 56.0 Å². The maximum absolute atomic E-state index is 13.7. The summed E-state index contributed by atoms with van der Waals surface area (Å²) in [6, 6.07) is 12.6. The molecule has 1 atom stereocenters. The number of nitrogens with zero attached hydrogens (tertiary/aromatic N) is 5. The molecule has 180 valence electrons. The number of non-ortho nitro benzene ring substituents is 1. The predicted molar refractivity (Wildman–Crippen MR) is 125 cm³/mol. The molecule has 0 bridgehead atoms. The van der Waals surface area contributed by atoms with E-state index in [1.165, 1.54) is 54.7 Å². The van der Waals surface area contributed by atoms with Gasteiger partial charge in [-0.3, -0.25) is 15.1 Å². The quantitative estimate of drug-likeness (QED) is 0.269. The predicted octanol–water partition coefficient (Wildman–Crippen LogP) is 2.08. The molecule has 1 aliphatic rings. The Bertz CT molecular complexity index is 1750. The molecule has 1 aliphatic heterocycles. The van der Waals surface area contributed by atoms with Gasteiger partial charge in [0.2, 0.25) is 11.8 Å². The van der Waals surface area contributed by atoms with Gasteiger partial charge in [-0.25, -0.2) is 0 Å². The number of nitro benzene ring substituents is 1. The summed E-state index contributed by atoms with van der Waals surface area (Å²) in [5, 5.41) is 35.1. The van der Waals surface area contributed by atoms with Crippen LogP contribution in [0.2, 0.25) is 0 Å². The van der Waals surface area contributed by atoms with E-state index < -0.39 is 20.9 Å². The normalized spacial score (nSPS) is 15.2. The Kier molecular flexibility index (Phi) is 5.00. The molecular weight excluding hydrogens is 490 g/mol. The van der Waals surface area contributed by atoms with Gasteiger partial charge in [0.15, 0.2) is 0 Å². The van der Waals surface area contributed by atoms with Gasteiger partial charge in [-0.15, -0.1) is 9.19 Å². The zero-order valence-corrected chi connectivity index (χ0v) is 18.9. The fourth-order valence-corrected chi connectivity index (χ4v) is 5.48. The SMILES string of the molecule is N#CC1=C(N)Oc2nn(S(=O)(=O)c3ccc(O)c4ncccc34)c(N)c2[C@H]1c1ccc([N+](=O)[O-])cc1. The lowest BCUT2D eigenvalue weighted by Crippen LogP contribution is -2.21. The van der Waals surface area contributed by atoms with Crippen LogP contribution in [0.25, 0.3) is 10.9 Å². The number of allylic oxidation sites excluding steroid dienone is 1. The Hall–Kier alpha value is -5.16. The van der Waals surface area contributed by atoms with Gasteiger partial charge < -0.3 is 21.3 Å². The highest BCUT2D eigenvalue weighted by Crippen LogP contribution is 2.46. The van der Waals surface area contributed by atoms with Gasteiger partial charge in [0.1, 0.15) is 28.7 Å². The van der Waals surface area contributed by atoms with E-state index in [2.05, 4.69) is 10.1 Å². The number of nitriles is 1. The first kappa shape index (κ1) is 22.6. The van der Waals surface area contributed by atoms with Crippen molar-refractivity contribution in [3.8, 4) is 17.7 Å². The molecular formula is C22H15N7O6S. The average molecular weight is 505 g/mol. The molecule has 36 heavy (non-hydrogen) atoms. The van der Waals surface area contributed by atoms with Crippen molar-refractivity contribution in [1.29, 1.82) is 5.26 Å². The van der Waals surface area contributed by atoms with Crippen molar-refractivity contribution in [2.45, 2.75) is 10.8 Å². The van der Waals surface area contributed by atoms with Crippen molar-refractivity contribution >= 4 is 32.4 Å². The lowest BCUT2D eigenvalue weighted by Gasteiger charge is -2.23. The van der Waals surface area contributed by atoms with Crippen LogP contribution in [-0.2, 0) is 10.0 Å². The first-order chi connectivity index (χ1) is 17.1. The number of aromatic hydroxyl groups is 1. The summed E-state index contributed by atoms with van der Waals surface area (Å²) in [5.41, 5.74) is 12.5. The minimum Gasteiger partial charge on any atom is -0.506 e. The summed E-state index contributed by atoms with van der Waals surface area (Å²) >= 11 is 0. The third-order valence-electron chi connectivity index (χ3n) is 5.72. The van der Waals surface area contributed by atoms with Gasteiger partial charge >= 0.3 is 0 Å². The molecule has 0 fully saturated rings. The Morgan fingerprint density at radius 2 is 1.89 bits per heavy atom. The second-order valence-electron chi connectivity index (χ2n) is 7.71. The van der Waals surface area contributed by atoms with Crippen LogP contribution in [0.4, 0.5) is 11.5 Å². The second-order valence-corrected chi connectivity index (χ2v) is 9.44. The number of ether oxygens (including phenoxy) is 1. The number of phenolic OH excluding ortho intramolecular Hbond substituents is 1. The Labute approximate surface area is 202 Å². The van der Waals surface area contributed by atoms with Crippen LogP contribution < -0.4 is 16.2 Å². The molecule has 0 aliphatic carbocycles. The van der Waals surface area contributed by atoms with Crippen LogP contribution in [0, 0.1) is 21.4 Å². The number of pyridine rings is 1. The van der Waals surface area contributed by atoms with Gasteiger partial charge in [-0.1, -0.05) is 12.1 Å². The van der Waals surface area contributed by atoms with Crippen LogP contribution >= 0.6 is 0 Å². The highest BCUT2D eigenvalue weighted by molar-refractivity contribution is 7.90. The summed E-state index contributed by atoms with van der Waals surface area (Å²) in [5.74, 6) is -2.11. The van der Waals surface area contributed by atoms with Gasteiger partial charge in [-0.05, 0) is 29.8 Å². The number of nitro groups is 1. The van der Waals surface area contributed by atoms with Crippen LogP contribution in [-0.4, -0.2) is 32.6 Å². The van der Waals surface area contributed by atoms with Crippen molar-refractivity contribution in [3.05, 3.63) is 87.4 Å². The van der Waals surface area contributed by atoms with E-state index in [1.807, 2.05) is 6.07 Å². The van der Waals surface area contributed by atoms with E-state index >= 15 is 0 Å². The third-order valence-corrected chi connectivity index (χ3v) is 7.36. The second kappa shape index (κ2) is 7.96. The molecule has 13 nitrogen and oxygen atoms in total. The summed E-state index contributed by atoms with van der Waals surface area (Å²) in [6.07, 6.45) is 1.40. The van der Waals surface area contributed by atoms with Crippen molar-refractivity contribution in [1.82, 2.24) is 14.2 Å². The molecule has 3 heterocycles. The van der Waals surface area contributed by atoms with Gasteiger partial charge in [0, 0.05) is 23.7 Å². The molecule has 0 saturated carbocycles. The number of phenols is 1. The Balaban J connectivity index is 1.72. The number of hydrogen-bond donors (Lipinski definition) is 3. The molecule has 0 saturated heterocycles. The molecule has 4 aromatic rings. The molecule has 5 rings (SSSR count). The van der Waals surface area contributed by atoms with Gasteiger partial charge in [0.05, 0.1) is 21.3 Å². The highest BCUT2D eigenvalue weighted by Gasteiger charge is 2.39. The molecule has 0 spiro atoms. The zero-order valence-electron chi connectivity index (χ0n) is 18.1. The van der Waals surface area contributed by atoms with E-state index in [0.29, 0.717) is 9.65 Å². The lowest BCUT2D eigenvalue weighted by molar-refractivity contribution is -0.384. The number of nitrogen functional groups attached to an aromatic ring is 1. The van der Waals surface area contributed by atoms with Crippen molar-refractivity contribution in [2.75, 3.05) is 5.73 Å². The Morgan fingerprint density at radius 1 is 1.17 bits per heavy atom. The van der Waals surface area contributed by atoms with E-state index in [0.717, 1.165) is 0 Å². The number of benzene rings is 2. The van der Waals surface area contributed by atoms with Crippen molar-refractivity contribution in [2.24, 2.45) is 5.73 Å². The molecule has 2 aromatic carbocycles. The van der Waals surface area contributed by atoms with E-state index in [9.17, 15) is 28.9 Å².